The number of amides is 2. The maximum atomic E-state index is 12.3. The lowest BCUT2D eigenvalue weighted by molar-refractivity contribution is 0.174. The molecule has 1 aliphatic rings. The standard InChI is InChI=1S/C14H18N6O/c1-11-4-2-6-13(17-11)18-14(21)19-7-3-5-12(8-19)20-10-15-9-16-20/h2,4,6,9-10,12H,3,5,7-8H2,1H3,(H,17,18,21). The second kappa shape index (κ2) is 5.90. The number of nitrogens with one attached hydrogen (secondary N) is 1. The van der Waals surface area contributed by atoms with E-state index in [-0.39, 0.29) is 12.1 Å². The molecule has 1 N–H and O–H groups in total. The van der Waals surface area contributed by atoms with Gasteiger partial charge in [0.2, 0.25) is 0 Å². The Kier molecular flexibility index (Phi) is 3.81. The zero-order chi connectivity index (χ0) is 14.7. The van der Waals surface area contributed by atoms with Gasteiger partial charge in [-0.05, 0) is 31.9 Å². The first-order valence-corrected chi connectivity index (χ1v) is 7.06. The van der Waals surface area contributed by atoms with Crippen molar-refractivity contribution >= 4 is 11.8 Å². The SMILES string of the molecule is Cc1cccc(NC(=O)N2CCCC(n3cncn3)C2)n1. The number of likely N-dealkylation sites (tertiary alicyclic amines) is 1. The van der Waals surface area contributed by atoms with Crippen LogP contribution in [-0.4, -0.2) is 43.8 Å². The first-order chi connectivity index (χ1) is 10.2. The monoisotopic (exact) mass is 286 g/mol. The lowest BCUT2D eigenvalue weighted by Gasteiger charge is -2.32. The number of hydrogen-bond acceptors (Lipinski definition) is 4. The van der Waals surface area contributed by atoms with Crippen molar-refractivity contribution in [2.75, 3.05) is 18.4 Å². The second-order valence-electron chi connectivity index (χ2n) is 5.21. The van der Waals surface area contributed by atoms with Crippen LogP contribution in [0.2, 0.25) is 0 Å². The highest BCUT2D eigenvalue weighted by Gasteiger charge is 2.25. The molecule has 0 saturated carbocycles. The van der Waals surface area contributed by atoms with Gasteiger partial charge >= 0.3 is 6.03 Å². The number of anilines is 1. The lowest BCUT2D eigenvalue weighted by atomic mass is 10.1. The molecule has 7 heteroatoms. The summed E-state index contributed by atoms with van der Waals surface area (Å²) < 4.78 is 1.82. The smallest absolute Gasteiger partial charge is 0.322 e. The molecule has 2 aromatic heterocycles. The predicted octanol–water partition coefficient (Wildman–Crippen LogP) is 1.85. The average molecular weight is 286 g/mol. The van der Waals surface area contributed by atoms with Gasteiger partial charge in [0, 0.05) is 18.8 Å². The maximum Gasteiger partial charge on any atom is 0.323 e. The van der Waals surface area contributed by atoms with Gasteiger partial charge in [-0.15, -0.1) is 0 Å². The molecule has 0 radical (unpaired) electrons. The molecule has 1 fully saturated rings. The highest BCUT2D eigenvalue weighted by molar-refractivity contribution is 5.88. The summed E-state index contributed by atoms with van der Waals surface area (Å²) in [6, 6.07) is 5.66. The van der Waals surface area contributed by atoms with E-state index in [1.807, 2.05) is 23.7 Å². The van der Waals surface area contributed by atoms with Crippen LogP contribution in [0.5, 0.6) is 0 Å². The van der Waals surface area contributed by atoms with Crippen LogP contribution in [0.4, 0.5) is 10.6 Å². The molecular formula is C14H18N6O. The van der Waals surface area contributed by atoms with Crippen molar-refractivity contribution < 1.29 is 4.79 Å². The summed E-state index contributed by atoms with van der Waals surface area (Å²) in [7, 11) is 0. The zero-order valence-corrected chi connectivity index (χ0v) is 11.9. The Morgan fingerprint density at radius 2 is 2.33 bits per heavy atom. The fraction of sp³-hybridized carbons (Fsp3) is 0.429. The van der Waals surface area contributed by atoms with Crippen LogP contribution in [0.1, 0.15) is 24.6 Å². The zero-order valence-electron chi connectivity index (χ0n) is 11.9. The predicted molar refractivity (Wildman–Crippen MR) is 77.9 cm³/mol. The molecule has 7 nitrogen and oxygen atoms in total. The summed E-state index contributed by atoms with van der Waals surface area (Å²) in [6.45, 7) is 3.29. The van der Waals surface area contributed by atoms with Crippen molar-refractivity contribution in [2.24, 2.45) is 0 Å². The number of aryl methyl sites for hydroxylation is 1. The molecule has 0 spiro atoms. The Bertz CT molecular complexity index is 612. The van der Waals surface area contributed by atoms with Crippen molar-refractivity contribution in [1.29, 1.82) is 0 Å². The summed E-state index contributed by atoms with van der Waals surface area (Å²) in [5.41, 5.74) is 0.881. The van der Waals surface area contributed by atoms with Gasteiger partial charge in [-0.1, -0.05) is 6.07 Å². The molecule has 3 heterocycles. The third kappa shape index (κ3) is 3.18. The van der Waals surface area contributed by atoms with Crippen LogP contribution in [0.25, 0.3) is 0 Å². The van der Waals surface area contributed by atoms with Crippen molar-refractivity contribution in [3.8, 4) is 0 Å². The Labute approximate surface area is 123 Å². The number of pyridine rings is 1. The van der Waals surface area contributed by atoms with Crippen LogP contribution >= 0.6 is 0 Å². The van der Waals surface area contributed by atoms with Crippen LogP contribution in [0, 0.1) is 6.92 Å². The molecule has 3 rings (SSSR count). The molecule has 2 amide bonds. The number of nitrogens with zero attached hydrogens (tertiary/aromatic N) is 5. The topological polar surface area (TPSA) is 75.9 Å². The summed E-state index contributed by atoms with van der Waals surface area (Å²) in [6.07, 6.45) is 5.19. The Balaban J connectivity index is 1.64. The van der Waals surface area contributed by atoms with Crippen LogP contribution < -0.4 is 5.32 Å². The molecule has 2 aromatic rings. The molecule has 1 unspecified atom stereocenters. The largest absolute Gasteiger partial charge is 0.323 e. The van der Waals surface area contributed by atoms with Crippen molar-refractivity contribution in [2.45, 2.75) is 25.8 Å². The van der Waals surface area contributed by atoms with E-state index in [1.54, 1.807) is 17.3 Å². The summed E-state index contributed by atoms with van der Waals surface area (Å²) >= 11 is 0. The van der Waals surface area contributed by atoms with Gasteiger partial charge in [0.1, 0.15) is 18.5 Å². The Morgan fingerprint density at radius 1 is 1.43 bits per heavy atom. The van der Waals surface area contributed by atoms with E-state index in [0.29, 0.717) is 12.4 Å². The van der Waals surface area contributed by atoms with E-state index in [9.17, 15) is 4.79 Å². The van der Waals surface area contributed by atoms with Gasteiger partial charge in [-0.3, -0.25) is 5.32 Å². The van der Waals surface area contributed by atoms with Crippen LogP contribution in [0.3, 0.4) is 0 Å². The lowest BCUT2D eigenvalue weighted by Crippen LogP contribution is -2.43. The van der Waals surface area contributed by atoms with Gasteiger partial charge in [0.25, 0.3) is 0 Å². The molecule has 1 saturated heterocycles. The minimum Gasteiger partial charge on any atom is -0.322 e. The van der Waals surface area contributed by atoms with E-state index in [2.05, 4.69) is 20.4 Å². The molecule has 1 aliphatic heterocycles. The number of rotatable bonds is 2. The molecule has 21 heavy (non-hydrogen) atoms. The van der Waals surface area contributed by atoms with Gasteiger partial charge < -0.3 is 4.90 Å². The Hall–Kier alpha value is -2.44. The minimum atomic E-state index is -0.113. The van der Waals surface area contributed by atoms with Gasteiger partial charge in [0.05, 0.1) is 6.04 Å². The summed E-state index contributed by atoms with van der Waals surface area (Å²) in [4.78, 5) is 22.4. The number of hydrogen-bond donors (Lipinski definition) is 1. The van der Waals surface area contributed by atoms with E-state index < -0.39 is 0 Å². The van der Waals surface area contributed by atoms with Gasteiger partial charge in [-0.25, -0.2) is 19.4 Å². The second-order valence-corrected chi connectivity index (χ2v) is 5.21. The van der Waals surface area contributed by atoms with Crippen LogP contribution in [-0.2, 0) is 0 Å². The summed E-state index contributed by atoms with van der Waals surface area (Å²) in [5.74, 6) is 0.586. The van der Waals surface area contributed by atoms with Crippen molar-refractivity contribution in [3.05, 3.63) is 36.5 Å². The van der Waals surface area contributed by atoms with Crippen molar-refractivity contribution in [1.82, 2.24) is 24.6 Å². The first kappa shape index (κ1) is 13.5. The summed E-state index contributed by atoms with van der Waals surface area (Å²) in [5, 5.41) is 7.01. The Morgan fingerprint density at radius 3 is 3.10 bits per heavy atom. The molecule has 0 bridgehead atoms. The molecule has 110 valence electrons. The highest BCUT2D eigenvalue weighted by atomic mass is 16.2. The number of carbonyl (C=O) groups excluding carboxylic acids is 1. The fourth-order valence-electron chi connectivity index (χ4n) is 2.56. The van der Waals surface area contributed by atoms with Gasteiger partial charge in [0.15, 0.2) is 0 Å². The number of aromatic nitrogens is 4. The van der Waals surface area contributed by atoms with Crippen molar-refractivity contribution in [3.63, 3.8) is 0 Å². The number of carbonyl (C=O) groups is 1. The third-order valence-electron chi connectivity index (χ3n) is 3.62. The molecule has 1 atom stereocenters. The van der Waals surface area contributed by atoms with E-state index >= 15 is 0 Å². The number of piperidine rings is 1. The van der Waals surface area contributed by atoms with E-state index in [0.717, 1.165) is 25.1 Å². The third-order valence-corrected chi connectivity index (χ3v) is 3.62. The molecular weight excluding hydrogens is 268 g/mol. The quantitative estimate of drug-likeness (QED) is 0.914. The number of urea groups is 1. The maximum absolute atomic E-state index is 12.3. The van der Waals surface area contributed by atoms with E-state index in [1.165, 1.54) is 6.33 Å². The molecule has 0 aliphatic carbocycles. The van der Waals surface area contributed by atoms with Crippen LogP contribution in [0.15, 0.2) is 30.9 Å². The first-order valence-electron chi connectivity index (χ1n) is 7.06. The minimum absolute atomic E-state index is 0.113. The highest BCUT2D eigenvalue weighted by Crippen LogP contribution is 2.20. The molecule has 0 aromatic carbocycles. The van der Waals surface area contributed by atoms with Gasteiger partial charge in [-0.2, -0.15) is 5.10 Å². The average Bonchev–Trinajstić information content (AvgIpc) is 3.02. The van der Waals surface area contributed by atoms with E-state index in [4.69, 9.17) is 0 Å². The fourth-order valence-corrected chi connectivity index (χ4v) is 2.56. The normalized spacial score (nSPS) is 18.5.